The average Bonchev–Trinajstić information content (AvgIpc) is 2.91. The van der Waals surface area contributed by atoms with E-state index >= 15 is 0 Å². The molecule has 8 heteroatoms. The topological polar surface area (TPSA) is 79.0 Å². The minimum absolute atomic E-state index is 0.0401. The predicted molar refractivity (Wildman–Crippen MR) is 97.2 cm³/mol. The number of methoxy groups -OCH3 is 1. The minimum atomic E-state index is -0.938. The van der Waals surface area contributed by atoms with Gasteiger partial charge in [0.1, 0.15) is 11.6 Å². The van der Waals surface area contributed by atoms with Gasteiger partial charge in [0, 0.05) is 50.4 Å². The summed E-state index contributed by atoms with van der Waals surface area (Å²) in [5.74, 6) is -0.389. The van der Waals surface area contributed by atoms with Gasteiger partial charge >= 0.3 is 0 Å². The first kappa shape index (κ1) is 19.1. The number of rotatable bonds is 5. The van der Waals surface area contributed by atoms with Crippen molar-refractivity contribution in [1.82, 2.24) is 10.2 Å². The summed E-state index contributed by atoms with van der Waals surface area (Å²) in [4.78, 5) is 39.6. The molecule has 7 nitrogen and oxygen atoms in total. The lowest BCUT2D eigenvalue weighted by atomic mass is 9.92. The Bertz CT molecular complexity index is 761. The van der Waals surface area contributed by atoms with Crippen LogP contribution in [0.5, 0.6) is 5.75 Å². The number of ether oxygens (including phenoxy) is 1. The van der Waals surface area contributed by atoms with Gasteiger partial charge in [0.25, 0.3) is 0 Å². The molecule has 1 atom stereocenters. The highest BCUT2D eigenvalue weighted by molar-refractivity contribution is 6.10. The molecular formula is C19H24FN3O4. The number of Topliss-reactive ketones (excluding diaryl/α,β-unsaturated/α-hetero) is 1. The van der Waals surface area contributed by atoms with Crippen molar-refractivity contribution >= 4 is 23.3 Å². The number of halogens is 1. The lowest BCUT2D eigenvalue weighted by Crippen LogP contribution is -2.50. The van der Waals surface area contributed by atoms with Crippen molar-refractivity contribution in [2.75, 3.05) is 38.2 Å². The number of carbonyl (C=O) groups is 3. The van der Waals surface area contributed by atoms with Crippen LogP contribution in [0, 0.1) is 5.82 Å². The van der Waals surface area contributed by atoms with E-state index in [1.807, 2.05) is 4.90 Å². The Balaban J connectivity index is 1.53. The number of ketones is 1. The number of nitrogens with one attached hydrogen (secondary N) is 1. The van der Waals surface area contributed by atoms with E-state index in [0.717, 1.165) is 5.69 Å². The molecule has 2 heterocycles. The van der Waals surface area contributed by atoms with Gasteiger partial charge in [-0.2, -0.15) is 0 Å². The van der Waals surface area contributed by atoms with Gasteiger partial charge in [0.05, 0.1) is 19.1 Å². The van der Waals surface area contributed by atoms with Gasteiger partial charge in [-0.1, -0.05) is 0 Å². The molecule has 27 heavy (non-hydrogen) atoms. The Hall–Kier alpha value is -2.64. The molecule has 1 aromatic rings. The van der Waals surface area contributed by atoms with Gasteiger partial charge in [-0.15, -0.1) is 0 Å². The number of hydrogen-bond acceptors (Lipinski definition) is 5. The smallest absolute Gasteiger partial charge is 0.228 e. The van der Waals surface area contributed by atoms with Crippen molar-refractivity contribution in [3.63, 3.8) is 0 Å². The fraction of sp³-hybridized carbons (Fsp3) is 0.526. The molecule has 0 aliphatic carbocycles. The number of benzene rings is 1. The number of hydrogen-bond donors (Lipinski definition) is 1. The monoisotopic (exact) mass is 377 g/mol. The molecule has 0 bridgehead atoms. The third kappa shape index (κ3) is 4.20. The first-order valence-corrected chi connectivity index (χ1v) is 9.02. The largest absolute Gasteiger partial charge is 0.497 e. The van der Waals surface area contributed by atoms with Crippen LogP contribution in [0.15, 0.2) is 18.2 Å². The Labute approximate surface area is 157 Å². The summed E-state index contributed by atoms with van der Waals surface area (Å²) in [5, 5.41) is 2.67. The van der Waals surface area contributed by atoms with E-state index in [4.69, 9.17) is 4.74 Å². The fourth-order valence-electron chi connectivity index (χ4n) is 3.54. The Morgan fingerprint density at radius 2 is 1.93 bits per heavy atom. The molecule has 0 unspecified atom stereocenters. The zero-order valence-corrected chi connectivity index (χ0v) is 15.6. The van der Waals surface area contributed by atoms with Crippen LogP contribution in [0.3, 0.4) is 0 Å². The molecular weight excluding hydrogens is 353 g/mol. The summed E-state index contributed by atoms with van der Waals surface area (Å²) in [7, 11) is 1.49. The first-order chi connectivity index (χ1) is 12.8. The highest BCUT2D eigenvalue weighted by Gasteiger charge is 2.41. The Morgan fingerprint density at radius 1 is 1.22 bits per heavy atom. The van der Waals surface area contributed by atoms with Crippen molar-refractivity contribution in [3.05, 3.63) is 24.0 Å². The lowest BCUT2D eigenvalue weighted by Gasteiger charge is -2.36. The van der Waals surface area contributed by atoms with E-state index in [1.165, 1.54) is 19.2 Å². The van der Waals surface area contributed by atoms with Crippen LogP contribution in [0.1, 0.15) is 26.2 Å². The molecule has 2 amide bonds. The zero-order valence-electron chi connectivity index (χ0n) is 15.6. The van der Waals surface area contributed by atoms with Crippen LogP contribution < -0.4 is 15.0 Å². The van der Waals surface area contributed by atoms with Crippen LogP contribution in [0.4, 0.5) is 10.1 Å². The molecule has 2 fully saturated rings. The summed E-state index contributed by atoms with van der Waals surface area (Å²) in [6.45, 7) is 3.89. The molecule has 2 aliphatic rings. The van der Waals surface area contributed by atoms with Crippen molar-refractivity contribution < 1.29 is 23.5 Å². The number of amides is 2. The van der Waals surface area contributed by atoms with E-state index in [0.29, 0.717) is 38.3 Å². The van der Waals surface area contributed by atoms with E-state index in [1.54, 1.807) is 17.9 Å². The van der Waals surface area contributed by atoms with Gasteiger partial charge in [-0.05, 0) is 19.4 Å². The second kappa shape index (κ2) is 7.54. The third-order valence-corrected chi connectivity index (χ3v) is 5.28. The maximum Gasteiger partial charge on any atom is 0.228 e. The maximum atomic E-state index is 13.7. The average molecular weight is 377 g/mol. The number of anilines is 1. The normalized spacial score (nSPS) is 22.8. The second-order valence-electron chi connectivity index (χ2n) is 7.20. The molecule has 0 aromatic heterocycles. The number of piperazine rings is 1. The van der Waals surface area contributed by atoms with Crippen molar-refractivity contribution in [1.29, 1.82) is 0 Å². The molecule has 0 saturated carbocycles. The van der Waals surface area contributed by atoms with Gasteiger partial charge in [-0.25, -0.2) is 4.39 Å². The highest BCUT2D eigenvalue weighted by atomic mass is 19.1. The maximum absolute atomic E-state index is 13.7. The molecule has 3 rings (SSSR count). The molecule has 1 N–H and O–H groups in total. The molecule has 1 aromatic carbocycles. The standard InChI is InChI=1S/C19H24FN3O4/c1-19(16(24)12-17(25)21-19)4-3-18(26)23-7-5-22(6-8-23)14-9-13(20)10-15(11-14)27-2/h9-11H,3-8,12H2,1-2H3,(H,21,25)/t19-/m1/s1. The van der Waals surface area contributed by atoms with Crippen LogP contribution in [-0.2, 0) is 14.4 Å². The summed E-state index contributed by atoms with van der Waals surface area (Å²) in [5.41, 5.74) is -0.210. The molecule has 146 valence electrons. The van der Waals surface area contributed by atoms with Crippen LogP contribution in [-0.4, -0.2) is 61.3 Å². The Kier molecular flexibility index (Phi) is 5.34. The third-order valence-electron chi connectivity index (χ3n) is 5.28. The first-order valence-electron chi connectivity index (χ1n) is 9.02. The van der Waals surface area contributed by atoms with Crippen molar-refractivity contribution in [3.8, 4) is 5.75 Å². The molecule has 0 radical (unpaired) electrons. The zero-order chi connectivity index (χ0) is 19.6. The van der Waals surface area contributed by atoms with Gasteiger partial charge in [-0.3, -0.25) is 14.4 Å². The summed E-state index contributed by atoms with van der Waals surface area (Å²) in [6.07, 6.45) is 0.397. The molecule has 0 spiro atoms. The van der Waals surface area contributed by atoms with Crippen LogP contribution >= 0.6 is 0 Å². The van der Waals surface area contributed by atoms with Crippen LogP contribution in [0.2, 0.25) is 0 Å². The lowest BCUT2D eigenvalue weighted by molar-refractivity contribution is -0.132. The van der Waals surface area contributed by atoms with Crippen LogP contribution in [0.25, 0.3) is 0 Å². The minimum Gasteiger partial charge on any atom is -0.497 e. The molecule has 2 aliphatic heterocycles. The summed E-state index contributed by atoms with van der Waals surface area (Å²) in [6, 6.07) is 4.55. The van der Waals surface area contributed by atoms with E-state index in [-0.39, 0.29) is 36.3 Å². The van der Waals surface area contributed by atoms with Crippen molar-refractivity contribution in [2.24, 2.45) is 0 Å². The van der Waals surface area contributed by atoms with E-state index in [9.17, 15) is 18.8 Å². The summed E-state index contributed by atoms with van der Waals surface area (Å²) >= 11 is 0. The van der Waals surface area contributed by atoms with Gasteiger partial charge < -0.3 is 19.9 Å². The predicted octanol–water partition coefficient (Wildman–Crippen LogP) is 1.11. The highest BCUT2D eigenvalue weighted by Crippen LogP contribution is 2.25. The second-order valence-corrected chi connectivity index (χ2v) is 7.20. The fourth-order valence-corrected chi connectivity index (χ4v) is 3.54. The molecule has 2 saturated heterocycles. The van der Waals surface area contributed by atoms with E-state index < -0.39 is 5.54 Å². The Morgan fingerprint density at radius 3 is 2.52 bits per heavy atom. The number of nitrogens with zero attached hydrogens (tertiary/aromatic N) is 2. The SMILES string of the molecule is COc1cc(F)cc(N2CCN(C(=O)CC[C@@]3(C)NC(=O)CC3=O)CC2)c1. The quantitative estimate of drug-likeness (QED) is 0.778. The van der Waals surface area contributed by atoms with E-state index in [2.05, 4.69) is 5.32 Å². The van der Waals surface area contributed by atoms with Crippen molar-refractivity contribution in [2.45, 2.75) is 31.7 Å². The number of carbonyl (C=O) groups excluding carboxylic acids is 3. The summed E-state index contributed by atoms with van der Waals surface area (Å²) < 4.78 is 18.8. The van der Waals surface area contributed by atoms with Gasteiger partial charge in [0.15, 0.2) is 5.78 Å². The van der Waals surface area contributed by atoms with Gasteiger partial charge in [0.2, 0.25) is 11.8 Å².